The Morgan fingerprint density at radius 3 is 2.35 bits per heavy atom. The van der Waals surface area contributed by atoms with Crippen LogP contribution >= 0.6 is 15.9 Å². The number of fused-ring (bicyclic) bond motifs is 1. The van der Waals surface area contributed by atoms with Gasteiger partial charge >= 0.3 is 0 Å². The third-order valence-corrected chi connectivity index (χ3v) is 4.79. The van der Waals surface area contributed by atoms with Crippen LogP contribution < -0.4 is 5.32 Å². The summed E-state index contributed by atoms with van der Waals surface area (Å²) >= 11 is 3.41. The van der Waals surface area contributed by atoms with E-state index in [-0.39, 0.29) is 12.8 Å². The maximum absolute atomic E-state index is 13.0. The number of benzene rings is 1. The molecular weight excluding hydrogens is 328 g/mol. The van der Waals surface area contributed by atoms with Gasteiger partial charge in [0.2, 0.25) is 0 Å². The molecule has 1 unspecified atom stereocenters. The smallest absolute Gasteiger partial charge is 0.115 e. The molecule has 0 saturated heterocycles. The number of hydrogen-bond donors (Lipinski definition) is 2. The van der Waals surface area contributed by atoms with E-state index in [9.17, 15) is 13.9 Å². The Morgan fingerprint density at radius 2 is 1.80 bits per heavy atom. The van der Waals surface area contributed by atoms with Crippen molar-refractivity contribution < 1.29 is 13.9 Å². The zero-order chi connectivity index (χ0) is 15.0. The summed E-state index contributed by atoms with van der Waals surface area (Å²) in [6, 6.07) is 5.74. The van der Waals surface area contributed by atoms with E-state index in [0.29, 0.717) is 0 Å². The van der Waals surface area contributed by atoms with Crippen LogP contribution in [0.5, 0.6) is 0 Å². The zero-order valence-electron chi connectivity index (χ0n) is 11.7. The summed E-state index contributed by atoms with van der Waals surface area (Å²) in [5, 5.41) is 13.6. The van der Waals surface area contributed by atoms with Crippen molar-refractivity contribution in [3.63, 3.8) is 0 Å². The molecule has 2 N–H and O–H groups in total. The summed E-state index contributed by atoms with van der Waals surface area (Å²) in [5.74, 6) is 0. The van der Waals surface area contributed by atoms with Gasteiger partial charge in [0.25, 0.3) is 0 Å². The molecule has 112 valence electrons. The van der Waals surface area contributed by atoms with Crippen molar-refractivity contribution >= 4 is 15.9 Å². The topological polar surface area (TPSA) is 32.3 Å². The van der Waals surface area contributed by atoms with E-state index in [2.05, 4.69) is 21.2 Å². The second kappa shape index (κ2) is 5.70. The Morgan fingerprint density at radius 1 is 1.20 bits per heavy atom. The number of nitrogens with one attached hydrogen (secondary N) is 1. The molecule has 2 nitrogen and oxygen atoms in total. The molecule has 1 aromatic carbocycles. The van der Waals surface area contributed by atoms with Crippen molar-refractivity contribution in [3.8, 4) is 0 Å². The van der Waals surface area contributed by atoms with Gasteiger partial charge in [-0.05, 0) is 49.9 Å². The number of alkyl halides is 2. The molecule has 5 heteroatoms. The van der Waals surface area contributed by atoms with Crippen LogP contribution in [0.3, 0.4) is 0 Å². The van der Waals surface area contributed by atoms with E-state index in [1.807, 2.05) is 32.0 Å². The summed E-state index contributed by atoms with van der Waals surface area (Å²) in [7, 11) is 0. The van der Waals surface area contributed by atoms with Gasteiger partial charge in [-0.3, -0.25) is 14.1 Å². The molecule has 1 atom stereocenters. The van der Waals surface area contributed by atoms with Crippen LogP contribution in [-0.2, 0) is 11.0 Å². The van der Waals surface area contributed by atoms with E-state index < -0.39 is 30.5 Å². The molecule has 0 aliphatic carbocycles. The van der Waals surface area contributed by atoms with E-state index in [1.165, 1.54) is 0 Å². The molecular formula is C15H20BrF2NO. The highest BCUT2D eigenvalue weighted by Gasteiger charge is 2.48. The minimum atomic E-state index is -0.967. The van der Waals surface area contributed by atoms with Gasteiger partial charge in [0, 0.05) is 15.4 Å². The maximum Gasteiger partial charge on any atom is 0.115 e. The number of halogens is 3. The molecule has 0 amide bonds. The van der Waals surface area contributed by atoms with Gasteiger partial charge in [-0.25, -0.2) is 0 Å². The van der Waals surface area contributed by atoms with Crippen molar-refractivity contribution in [2.45, 2.75) is 43.9 Å². The lowest BCUT2D eigenvalue weighted by molar-refractivity contribution is -0.00583. The Kier molecular flexibility index (Phi) is 4.52. The Bertz CT molecular complexity index is 487. The molecule has 0 saturated carbocycles. The molecule has 20 heavy (non-hydrogen) atoms. The summed E-state index contributed by atoms with van der Waals surface area (Å²) in [6.45, 7) is 2.73. The predicted molar refractivity (Wildman–Crippen MR) is 79.2 cm³/mol. The van der Waals surface area contributed by atoms with Crippen LogP contribution in [0.1, 0.15) is 37.8 Å². The minimum absolute atomic E-state index is 0.102. The van der Waals surface area contributed by atoms with Crippen molar-refractivity contribution in [1.29, 1.82) is 0 Å². The standard InChI is InChI=1S/C15H20BrF2NO/c1-14(2)11-4-3-10(16)9-12(11)15(5-7-17,6-8-18)13(20)19-14/h3-4,9,13,19-20H,5-8H2,1-2H3. The van der Waals surface area contributed by atoms with Gasteiger partial charge in [0.15, 0.2) is 0 Å². The van der Waals surface area contributed by atoms with Crippen molar-refractivity contribution in [2.75, 3.05) is 13.3 Å². The number of aliphatic hydroxyl groups is 1. The first-order valence-corrected chi connectivity index (χ1v) is 7.55. The maximum atomic E-state index is 13.0. The minimum Gasteiger partial charge on any atom is -0.378 e. The molecule has 2 rings (SSSR count). The first-order valence-electron chi connectivity index (χ1n) is 6.75. The number of hydrogen-bond acceptors (Lipinski definition) is 2. The molecule has 0 bridgehead atoms. The average Bonchev–Trinajstić information content (AvgIpc) is 2.36. The third-order valence-electron chi connectivity index (χ3n) is 4.29. The third kappa shape index (κ3) is 2.51. The highest BCUT2D eigenvalue weighted by molar-refractivity contribution is 9.10. The van der Waals surface area contributed by atoms with Gasteiger partial charge in [-0.15, -0.1) is 0 Å². The van der Waals surface area contributed by atoms with E-state index in [0.717, 1.165) is 15.6 Å². The van der Waals surface area contributed by atoms with Gasteiger partial charge < -0.3 is 5.11 Å². The summed E-state index contributed by atoms with van der Waals surface area (Å²) in [6.07, 6.45) is -0.763. The Labute approximate surface area is 126 Å². The van der Waals surface area contributed by atoms with E-state index in [4.69, 9.17) is 0 Å². The zero-order valence-corrected chi connectivity index (χ0v) is 13.3. The first-order chi connectivity index (χ1) is 9.37. The van der Waals surface area contributed by atoms with E-state index >= 15 is 0 Å². The van der Waals surface area contributed by atoms with Crippen LogP contribution in [-0.4, -0.2) is 24.7 Å². The molecule has 0 radical (unpaired) electrons. The fourth-order valence-electron chi connectivity index (χ4n) is 3.18. The first kappa shape index (κ1) is 15.9. The van der Waals surface area contributed by atoms with Crippen LogP contribution in [0.15, 0.2) is 22.7 Å². The molecule has 0 spiro atoms. The van der Waals surface area contributed by atoms with E-state index in [1.54, 1.807) is 0 Å². The molecule has 0 aromatic heterocycles. The molecule has 1 aliphatic rings. The average molecular weight is 348 g/mol. The van der Waals surface area contributed by atoms with Crippen molar-refractivity contribution in [3.05, 3.63) is 33.8 Å². The largest absolute Gasteiger partial charge is 0.378 e. The van der Waals surface area contributed by atoms with Gasteiger partial charge in [-0.1, -0.05) is 22.0 Å². The monoisotopic (exact) mass is 347 g/mol. The predicted octanol–water partition coefficient (Wildman–Crippen LogP) is 3.56. The van der Waals surface area contributed by atoms with Crippen LogP contribution in [0.25, 0.3) is 0 Å². The lowest BCUT2D eigenvalue weighted by Gasteiger charge is -2.49. The van der Waals surface area contributed by atoms with Gasteiger partial charge in [0.05, 0.1) is 13.3 Å². The molecule has 1 heterocycles. The van der Waals surface area contributed by atoms with Crippen LogP contribution in [0.2, 0.25) is 0 Å². The molecule has 1 aromatic rings. The Hall–Kier alpha value is -0.520. The fraction of sp³-hybridized carbons (Fsp3) is 0.600. The quantitative estimate of drug-likeness (QED) is 0.872. The molecule has 1 aliphatic heterocycles. The molecule has 0 fully saturated rings. The fourth-order valence-corrected chi connectivity index (χ4v) is 3.54. The number of aliphatic hydroxyl groups excluding tert-OH is 1. The van der Waals surface area contributed by atoms with Crippen LogP contribution in [0, 0.1) is 0 Å². The van der Waals surface area contributed by atoms with Gasteiger partial charge in [0.1, 0.15) is 6.23 Å². The lowest BCUT2D eigenvalue weighted by atomic mass is 9.66. The van der Waals surface area contributed by atoms with Gasteiger partial charge in [-0.2, -0.15) is 0 Å². The summed E-state index contributed by atoms with van der Waals surface area (Å²) in [4.78, 5) is 0. The second-order valence-corrected chi connectivity index (χ2v) is 6.81. The van der Waals surface area contributed by atoms with Crippen LogP contribution in [0.4, 0.5) is 8.78 Å². The highest BCUT2D eigenvalue weighted by Crippen LogP contribution is 2.45. The normalized spacial score (nSPS) is 23.4. The van der Waals surface area contributed by atoms with Crippen molar-refractivity contribution in [1.82, 2.24) is 5.32 Å². The van der Waals surface area contributed by atoms with Crippen molar-refractivity contribution in [2.24, 2.45) is 0 Å². The highest BCUT2D eigenvalue weighted by atomic mass is 79.9. The summed E-state index contributed by atoms with van der Waals surface area (Å²) < 4.78 is 26.9. The SMILES string of the molecule is CC1(C)NC(O)C(CCF)(CCF)c2cc(Br)ccc21. The summed E-state index contributed by atoms with van der Waals surface area (Å²) in [5.41, 5.74) is 0.454. The number of rotatable bonds is 4. The Balaban J connectivity index is 2.65. The second-order valence-electron chi connectivity index (χ2n) is 5.90. The lowest BCUT2D eigenvalue weighted by Crippen LogP contribution is -2.60.